The van der Waals surface area contributed by atoms with Crippen LogP contribution in [-0.4, -0.2) is 4.98 Å². The summed E-state index contributed by atoms with van der Waals surface area (Å²) in [5.74, 6) is 0.408. The molecular weight excluding hydrogens is 335 g/mol. The monoisotopic (exact) mass is 341 g/mol. The molecule has 1 N–H and O–H groups in total. The van der Waals surface area contributed by atoms with Crippen LogP contribution in [0.3, 0.4) is 0 Å². The van der Waals surface area contributed by atoms with E-state index in [1.807, 2.05) is 0 Å². The first-order chi connectivity index (χ1) is 9.40. The molecule has 0 unspecified atom stereocenters. The fraction of sp³-hybridized carbons (Fsp3) is 0.0769. The molecule has 0 bridgehead atoms. The molecule has 0 fully saturated rings. The lowest BCUT2D eigenvalue weighted by atomic mass is 10.1. The molecule has 3 nitrogen and oxygen atoms in total. The van der Waals surface area contributed by atoms with Crippen LogP contribution in [0.4, 0.5) is 24.7 Å². The minimum atomic E-state index is -4.57. The standard InChI is InChI=1S/C13H7BrF3N3/c14-9-2-4-12(19-7-9)20-10-3-1-8(6-18)11(5-10)13(15,16)17/h1-5,7H,(H,19,20). The van der Waals surface area contributed by atoms with Gasteiger partial charge in [-0.2, -0.15) is 18.4 Å². The van der Waals surface area contributed by atoms with Crippen LogP contribution in [0.15, 0.2) is 41.0 Å². The highest BCUT2D eigenvalue weighted by molar-refractivity contribution is 9.10. The summed E-state index contributed by atoms with van der Waals surface area (Å²) in [6.45, 7) is 0. The number of anilines is 2. The van der Waals surface area contributed by atoms with Gasteiger partial charge in [0.05, 0.1) is 17.2 Å². The lowest BCUT2D eigenvalue weighted by Crippen LogP contribution is -2.08. The number of hydrogen-bond acceptors (Lipinski definition) is 3. The van der Waals surface area contributed by atoms with Gasteiger partial charge in [0, 0.05) is 16.4 Å². The van der Waals surface area contributed by atoms with Crippen LogP contribution in [0.25, 0.3) is 0 Å². The van der Waals surface area contributed by atoms with Crippen molar-refractivity contribution in [1.29, 1.82) is 5.26 Å². The SMILES string of the molecule is N#Cc1ccc(Nc2ccc(Br)cn2)cc1C(F)(F)F. The lowest BCUT2D eigenvalue weighted by Gasteiger charge is -2.11. The summed E-state index contributed by atoms with van der Waals surface area (Å²) >= 11 is 3.21. The van der Waals surface area contributed by atoms with Crippen LogP contribution in [0.2, 0.25) is 0 Å². The van der Waals surface area contributed by atoms with Crippen molar-refractivity contribution >= 4 is 27.4 Å². The largest absolute Gasteiger partial charge is 0.417 e. The first-order valence-electron chi connectivity index (χ1n) is 5.40. The second-order valence-electron chi connectivity index (χ2n) is 3.86. The molecule has 1 aromatic heterocycles. The summed E-state index contributed by atoms with van der Waals surface area (Å²) in [7, 11) is 0. The molecule has 102 valence electrons. The molecule has 0 aliphatic heterocycles. The van der Waals surface area contributed by atoms with Gasteiger partial charge in [-0.3, -0.25) is 0 Å². The molecule has 0 aliphatic rings. The fourth-order valence-corrected chi connectivity index (χ4v) is 1.79. The van der Waals surface area contributed by atoms with Crippen LogP contribution in [0, 0.1) is 11.3 Å². The number of benzene rings is 1. The van der Waals surface area contributed by atoms with Gasteiger partial charge in [0.15, 0.2) is 0 Å². The Hall–Kier alpha value is -2.07. The Bertz CT molecular complexity index is 660. The van der Waals surface area contributed by atoms with Crippen LogP contribution in [0.1, 0.15) is 11.1 Å². The number of alkyl halides is 3. The number of rotatable bonds is 2. The van der Waals surface area contributed by atoms with E-state index in [1.165, 1.54) is 18.3 Å². The number of hydrogen-bond donors (Lipinski definition) is 1. The minimum absolute atomic E-state index is 0.214. The number of halogens is 4. The molecule has 1 heterocycles. The maximum absolute atomic E-state index is 12.8. The molecule has 0 amide bonds. The molecule has 0 saturated carbocycles. The Kier molecular flexibility index (Phi) is 3.95. The minimum Gasteiger partial charge on any atom is -0.340 e. The van der Waals surface area contributed by atoms with Gasteiger partial charge in [-0.05, 0) is 46.3 Å². The van der Waals surface area contributed by atoms with Crippen LogP contribution < -0.4 is 5.32 Å². The smallest absolute Gasteiger partial charge is 0.340 e. The highest BCUT2D eigenvalue weighted by Crippen LogP contribution is 2.34. The molecular formula is C13H7BrF3N3. The second-order valence-corrected chi connectivity index (χ2v) is 4.77. The highest BCUT2D eigenvalue weighted by atomic mass is 79.9. The molecule has 0 atom stereocenters. The van der Waals surface area contributed by atoms with Gasteiger partial charge >= 0.3 is 6.18 Å². The molecule has 20 heavy (non-hydrogen) atoms. The van der Waals surface area contributed by atoms with Gasteiger partial charge in [0.2, 0.25) is 0 Å². The first-order valence-corrected chi connectivity index (χ1v) is 6.19. The number of pyridine rings is 1. The molecule has 2 rings (SSSR count). The normalized spacial score (nSPS) is 10.9. The number of nitrogens with zero attached hydrogens (tertiary/aromatic N) is 2. The second kappa shape index (κ2) is 5.51. The Labute approximate surface area is 121 Å². The van der Waals surface area contributed by atoms with Crippen molar-refractivity contribution in [2.45, 2.75) is 6.18 Å². The van der Waals surface area contributed by atoms with Gasteiger partial charge in [0.1, 0.15) is 5.82 Å². The zero-order chi connectivity index (χ0) is 14.8. The third kappa shape index (κ3) is 3.27. The van der Waals surface area contributed by atoms with Crippen molar-refractivity contribution < 1.29 is 13.2 Å². The molecule has 7 heteroatoms. The summed E-state index contributed by atoms with van der Waals surface area (Å²) < 4.78 is 39.2. The molecule has 0 aliphatic carbocycles. The first kappa shape index (κ1) is 14.3. The van der Waals surface area contributed by atoms with E-state index in [9.17, 15) is 13.2 Å². The van der Waals surface area contributed by atoms with Gasteiger partial charge < -0.3 is 5.32 Å². The van der Waals surface area contributed by atoms with Crippen molar-refractivity contribution in [3.8, 4) is 6.07 Å². The van der Waals surface area contributed by atoms with Gasteiger partial charge in [-0.25, -0.2) is 4.98 Å². The van der Waals surface area contributed by atoms with Crippen molar-refractivity contribution in [2.24, 2.45) is 0 Å². The molecule has 0 spiro atoms. The summed E-state index contributed by atoms with van der Waals surface area (Å²) in [5.41, 5.74) is -1.17. The van der Waals surface area contributed by atoms with Crippen molar-refractivity contribution in [1.82, 2.24) is 4.98 Å². The van der Waals surface area contributed by atoms with E-state index in [0.29, 0.717) is 5.82 Å². The summed E-state index contributed by atoms with van der Waals surface area (Å²) in [6.07, 6.45) is -3.05. The zero-order valence-corrected chi connectivity index (χ0v) is 11.5. The molecule has 2 aromatic rings. The maximum Gasteiger partial charge on any atom is 0.417 e. The summed E-state index contributed by atoms with van der Waals surface area (Å²) in [6, 6.07) is 8.28. The molecule has 1 aromatic carbocycles. The third-order valence-electron chi connectivity index (χ3n) is 2.45. The maximum atomic E-state index is 12.8. The average molecular weight is 342 g/mol. The summed E-state index contributed by atoms with van der Waals surface area (Å²) in [5, 5.41) is 11.5. The number of nitriles is 1. The van der Waals surface area contributed by atoms with Gasteiger partial charge in [0.25, 0.3) is 0 Å². The van der Waals surface area contributed by atoms with E-state index < -0.39 is 17.3 Å². The zero-order valence-electron chi connectivity index (χ0n) is 9.87. The predicted molar refractivity (Wildman–Crippen MR) is 71.4 cm³/mol. The van der Waals surface area contributed by atoms with Crippen molar-refractivity contribution in [3.05, 3.63) is 52.1 Å². The average Bonchev–Trinajstić information content (AvgIpc) is 2.40. The Balaban J connectivity index is 2.34. The van der Waals surface area contributed by atoms with E-state index in [2.05, 4.69) is 26.2 Å². The molecule has 0 radical (unpaired) electrons. The number of nitrogens with one attached hydrogen (secondary N) is 1. The van der Waals surface area contributed by atoms with E-state index in [1.54, 1.807) is 12.1 Å². The van der Waals surface area contributed by atoms with E-state index in [4.69, 9.17) is 5.26 Å². The quantitative estimate of drug-likeness (QED) is 0.876. The van der Waals surface area contributed by atoms with Gasteiger partial charge in [-0.15, -0.1) is 0 Å². The Morgan fingerprint density at radius 3 is 2.50 bits per heavy atom. The van der Waals surface area contributed by atoms with E-state index in [-0.39, 0.29) is 5.69 Å². The highest BCUT2D eigenvalue weighted by Gasteiger charge is 2.33. The van der Waals surface area contributed by atoms with Crippen LogP contribution in [-0.2, 0) is 6.18 Å². The predicted octanol–water partition coefficient (Wildman–Crippen LogP) is 4.48. The van der Waals surface area contributed by atoms with Crippen LogP contribution >= 0.6 is 15.9 Å². The van der Waals surface area contributed by atoms with E-state index >= 15 is 0 Å². The fourth-order valence-electron chi connectivity index (χ4n) is 1.55. The van der Waals surface area contributed by atoms with Gasteiger partial charge in [-0.1, -0.05) is 0 Å². The number of aromatic nitrogens is 1. The topological polar surface area (TPSA) is 48.7 Å². The van der Waals surface area contributed by atoms with Crippen molar-refractivity contribution in [3.63, 3.8) is 0 Å². The Morgan fingerprint density at radius 1 is 1.20 bits per heavy atom. The summed E-state index contributed by atoms with van der Waals surface area (Å²) in [4.78, 5) is 4.00. The lowest BCUT2D eigenvalue weighted by molar-refractivity contribution is -0.137. The third-order valence-corrected chi connectivity index (χ3v) is 2.91. The van der Waals surface area contributed by atoms with E-state index in [0.717, 1.165) is 16.6 Å². The van der Waals surface area contributed by atoms with Crippen molar-refractivity contribution in [2.75, 3.05) is 5.32 Å². The van der Waals surface area contributed by atoms with Crippen LogP contribution in [0.5, 0.6) is 0 Å². The molecule has 0 saturated heterocycles. The Morgan fingerprint density at radius 2 is 1.95 bits per heavy atom.